The third kappa shape index (κ3) is 5.02. The molecule has 0 amide bonds. The molecule has 0 aromatic carbocycles. The van der Waals surface area contributed by atoms with Gasteiger partial charge in [-0.25, -0.2) is 0 Å². The number of nitrogens with zero attached hydrogens (tertiary/aromatic N) is 1. The Hall–Kier alpha value is 0.700. The fourth-order valence-electron chi connectivity index (χ4n) is 1.26. The summed E-state index contributed by atoms with van der Waals surface area (Å²) >= 11 is 1.43. The van der Waals surface area contributed by atoms with Crippen molar-refractivity contribution in [2.45, 2.75) is 52.5 Å². The molecule has 0 aromatic heterocycles. The van der Waals surface area contributed by atoms with Crippen molar-refractivity contribution in [3.8, 4) is 0 Å². The molecule has 0 radical (unpaired) electrons. The van der Waals surface area contributed by atoms with Crippen LogP contribution in [0.1, 0.15) is 46.5 Å². The van der Waals surface area contributed by atoms with Gasteiger partial charge < -0.3 is 0 Å². The van der Waals surface area contributed by atoms with Crippen molar-refractivity contribution in [2.24, 2.45) is 0 Å². The number of hydrogen-bond donors (Lipinski definition) is 0. The van der Waals surface area contributed by atoms with Crippen LogP contribution in [-0.2, 0) is 21.3 Å². The summed E-state index contributed by atoms with van der Waals surface area (Å²) in [5.41, 5.74) is 0. The van der Waals surface area contributed by atoms with E-state index in [0.717, 1.165) is 6.04 Å². The van der Waals surface area contributed by atoms with E-state index >= 15 is 0 Å². The van der Waals surface area contributed by atoms with Crippen molar-refractivity contribution < 1.29 is 21.3 Å². The molecule has 11 heavy (non-hydrogen) atoms. The van der Waals surface area contributed by atoms with Crippen molar-refractivity contribution in [1.29, 1.82) is 0 Å². The van der Waals surface area contributed by atoms with Gasteiger partial charge in [0.05, 0.1) is 0 Å². The zero-order valence-electron chi connectivity index (χ0n) is 8.01. The van der Waals surface area contributed by atoms with Crippen LogP contribution in [0.5, 0.6) is 0 Å². The molecule has 0 aliphatic carbocycles. The molecule has 0 aliphatic heterocycles. The predicted octanol–water partition coefficient (Wildman–Crippen LogP) is 2.74. The molecule has 0 saturated heterocycles. The van der Waals surface area contributed by atoms with Crippen LogP contribution in [0.15, 0.2) is 0 Å². The van der Waals surface area contributed by atoms with Gasteiger partial charge in [0, 0.05) is 0 Å². The molecule has 0 aromatic rings. The summed E-state index contributed by atoms with van der Waals surface area (Å²) in [4.78, 5) is 0. The van der Waals surface area contributed by atoms with E-state index in [9.17, 15) is 0 Å². The number of unbranched alkanes of at least 4 members (excludes halogenated alkanes) is 1. The second-order valence-electron chi connectivity index (χ2n) is 2.96. The Morgan fingerprint density at radius 1 is 1.27 bits per heavy atom. The normalized spacial score (nSPS) is 13.8. The molecule has 0 bridgehead atoms. The van der Waals surface area contributed by atoms with Crippen molar-refractivity contribution in [3.63, 3.8) is 0 Å². The molecule has 0 aliphatic rings. The molecule has 0 rings (SSSR count). The second kappa shape index (κ2) is 7.35. The molecule has 2 heteroatoms. The molecular weight excluding hydrogens is 303 g/mol. The van der Waals surface area contributed by atoms with Crippen LogP contribution in [0, 0.1) is 0 Å². The van der Waals surface area contributed by atoms with Crippen molar-refractivity contribution in [3.05, 3.63) is 0 Å². The summed E-state index contributed by atoms with van der Waals surface area (Å²) in [6.45, 7) is 8.06. The van der Waals surface area contributed by atoms with E-state index in [4.69, 9.17) is 0 Å². The van der Waals surface area contributed by atoms with E-state index in [1.54, 1.807) is 0 Å². The maximum absolute atomic E-state index is 2.57. The van der Waals surface area contributed by atoms with E-state index < -0.39 is 0 Å². The fourth-order valence-corrected chi connectivity index (χ4v) is 2.26. The van der Waals surface area contributed by atoms with Gasteiger partial charge in [-0.1, -0.05) is 0 Å². The first-order chi connectivity index (χ1) is 5.26. The fraction of sp³-hybridized carbons (Fsp3) is 1.00. The molecular formula is C9H20NTa. The van der Waals surface area contributed by atoms with Gasteiger partial charge in [-0.15, -0.1) is 0 Å². The zero-order chi connectivity index (χ0) is 8.69. The minimum absolute atomic E-state index is 0.869. The van der Waals surface area contributed by atoms with E-state index in [1.165, 1.54) is 53.6 Å². The van der Waals surface area contributed by atoms with E-state index in [2.05, 4.69) is 24.1 Å². The molecule has 0 spiro atoms. The van der Waals surface area contributed by atoms with Crippen LogP contribution in [0.25, 0.3) is 0 Å². The molecule has 0 fully saturated rings. The summed E-state index contributed by atoms with van der Waals surface area (Å²) < 4.78 is 2.57. The molecule has 0 N–H and O–H groups in total. The van der Waals surface area contributed by atoms with Gasteiger partial charge in [-0.3, -0.25) is 0 Å². The first-order valence-corrected chi connectivity index (χ1v) is 6.15. The maximum atomic E-state index is 2.57. The standard InChI is InChI=1S/C9H20N.Ta/c1-4-7-8-9(5-2)10-6-3;/h9H,4-8H2,1-3H3;/q-1;+1. The summed E-state index contributed by atoms with van der Waals surface area (Å²) in [6.07, 6.45) is 5.46. The van der Waals surface area contributed by atoms with Gasteiger partial charge >= 0.3 is 83.7 Å². The Labute approximate surface area is 83.8 Å². The van der Waals surface area contributed by atoms with Gasteiger partial charge in [0.25, 0.3) is 0 Å². The second-order valence-corrected chi connectivity index (χ2v) is 4.81. The van der Waals surface area contributed by atoms with E-state index in [-0.39, 0.29) is 0 Å². The quantitative estimate of drug-likeness (QED) is 0.727. The average Bonchev–Trinajstić information content (AvgIpc) is 2.05. The molecule has 1 unspecified atom stereocenters. The summed E-state index contributed by atoms with van der Waals surface area (Å²) in [6, 6.07) is 0.869. The molecule has 0 saturated carbocycles. The summed E-state index contributed by atoms with van der Waals surface area (Å²) in [7, 11) is 0. The van der Waals surface area contributed by atoms with Crippen LogP contribution < -0.4 is 0 Å². The molecule has 1 nitrogen and oxygen atoms in total. The van der Waals surface area contributed by atoms with Crippen molar-refractivity contribution in [1.82, 2.24) is 3.30 Å². The third-order valence-corrected chi connectivity index (χ3v) is 4.30. The SMILES string of the molecule is CCCCC(CC)[N]([Ta])CC. The number of rotatable bonds is 6. The Kier molecular flexibility index (Phi) is 7.82. The van der Waals surface area contributed by atoms with E-state index in [0.29, 0.717) is 0 Å². The predicted molar refractivity (Wildman–Crippen MR) is 46.0 cm³/mol. The topological polar surface area (TPSA) is 3.24 Å². The van der Waals surface area contributed by atoms with Crippen LogP contribution in [-0.4, -0.2) is 15.9 Å². The van der Waals surface area contributed by atoms with Crippen LogP contribution in [0.2, 0.25) is 0 Å². The van der Waals surface area contributed by atoms with Gasteiger partial charge in [0.15, 0.2) is 0 Å². The van der Waals surface area contributed by atoms with Crippen molar-refractivity contribution >= 4 is 0 Å². The minimum atomic E-state index is 0.869. The third-order valence-electron chi connectivity index (χ3n) is 2.11. The van der Waals surface area contributed by atoms with Crippen LogP contribution >= 0.6 is 0 Å². The van der Waals surface area contributed by atoms with Crippen LogP contribution in [0.4, 0.5) is 0 Å². The number of hydrogen-bond acceptors (Lipinski definition) is 1. The van der Waals surface area contributed by atoms with Crippen molar-refractivity contribution in [2.75, 3.05) is 6.54 Å². The van der Waals surface area contributed by atoms with Gasteiger partial charge in [0.1, 0.15) is 0 Å². The first-order valence-electron chi connectivity index (χ1n) is 4.71. The Morgan fingerprint density at radius 3 is 2.27 bits per heavy atom. The van der Waals surface area contributed by atoms with Gasteiger partial charge in [-0.05, 0) is 0 Å². The van der Waals surface area contributed by atoms with Gasteiger partial charge in [0.2, 0.25) is 0 Å². The summed E-state index contributed by atoms with van der Waals surface area (Å²) in [5.74, 6) is 0. The zero-order valence-corrected chi connectivity index (χ0v) is 11.2. The Balaban J connectivity index is 3.56. The van der Waals surface area contributed by atoms with E-state index in [1.807, 2.05) is 0 Å². The molecule has 66 valence electrons. The molecule has 0 heterocycles. The van der Waals surface area contributed by atoms with Crippen LogP contribution in [0.3, 0.4) is 0 Å². The monoisotopic (exact) mass is 323 g/mol. The van der Waals surface area contributed by atoms with Gasteiger partial charge in [-0.2, -0.15) is 0 Å². The first kappa shape index (κ1) is 11.7. The summed E-state index contributed by atoms with van der Waals surface area (Å²) in [5, 5.41) is 0. The average molecular weight is 323 g/mol. The Bertz CT molecular complexity index is 85.6. The Morgan fingerprint density at radius 2 is 1.91 bits per heavy atom. The molecule has 1 atom stereocenters.